The van der Waals surface area contributed by atoms with Gasteiger partial charge in [0.05, 0.1) is 12.3 Å². The summed E-state index contributed by atoms with van der Waals surface area (Å²) in [7, 11) is 3.61. The zero-order valence-corrected chi connectivity index (χ0v) is 13.5. The van der Waals surface area contributed by atoms with E-state index in [2.05, 4.69) is 15.0 Å². The quantitative estimate of drug-likeness (QED) is 0.506. The van der Waals surface area contributed by atoms with Crippen LogP contribution in [0.4, 0.5) is 5.69 Å². The second-order valence-corrected chi connectivity index (χ2v) is 5.68. The number of benzene rings is 1. The second kappa shape index (κ2) is 4.80. The minimum atomic E-state index is -0.254. The first-order valence-electron chi connectivity index (χ1n) is 7.42. The van der Waals surface area contributed by atoms with E-state index in [-0.39, 0.29) is 5.56 Å². The lowest BCUT2D eigenvalue weighted by Crippen LogP contribution is -2.19. The maximum atomic E-state index is 12.9. The lowest BCUT2D eigenvalue weighted by molar-refractivity contribution is 0.745. The summed E-state index contributed by atoms with van der Waals surface area (Å²) in [6.45, 7) is 9.40. The van der Waals surface area contributed by atoms with Crippen molar-refractivity contribution in [3.8, 4) is 11.3 Å². The summed E-state index contributed by atoms with van der Waals surface area (Å²) < 4.78 is 4.78. The maximum absolute atomic E-state index is 12.9. The van der Waals surface area contributed by atoms with Crippen LogP contribution >= 0.6 is 0 Å². The number of hydrogen-bond acceptors (Lipinski definition) is 3. The third-order valence-corrected chi connectivity index (χ3v) is 4.23. The van der Waals surface area contributed by atoms with Crippen molar-refractivity contribution in [2.45, 2.75) is 6.92 Å². The van der Waals surface area contributed by atoms with Gasteiger partial charge in [-0.2, -0.15) is 14.7 Å². The molecule has 4 rings (SSSR count). The number of hydrogen-bond donors (Lipinski definition) is 0. The first-order valence-corrected chi connectivity index (χ1v) is 7.42. The highest BCUT2D eigenvalue weighted by atomic mass is 16.1. The third-order valence-electron chi connectivity index (χ3n) is 4.23. The molecule has 0 bridgehead atoms. The lowest BCUT2D eigenvalue weighted by Gasteiger charge is -2.06. The van der Waals surface area contributed by atoms with Gasteiger partial charge in [-0.25, -0.2) is 4.85 Å². The molecule has 3 aromatic heterocycles. The molecule has 4 aromatic rings. The van der Waals surface area contributed by atoms with Crippen molar-refractivity contribution in [3.63, 3.8) is 0 Å². The van der Waals surface area contributed by atoms with Crippen LogP contribution in [0, 0.1) is 13.5 Å². The van der Waals surface area contributed by atoms with Crippen molar-refractivity contribution in [2.75, 3.05) is 0 Å². The van der Waals surface area contributed by atoms with Crippen LogP contribution in [-0.4, -0.2) is 24.0 Å². The number of rotatable bonds is 1. The Morgan fingerprint density at radius 2 is 1.79 bits per heavy atom. The van der Waals surface area contributed by atoms with Crippen LogP contribution in [0.25, 0.3) is 32.8 Å². The summed E-state index contributed by atoms with van der Waals surface area (Å²) in [4.78, 5) is 16.6. The normalized spacial score (nSPS) is 11.2. The predicted molar refractivity (Wildman–Crippen MR) is 91.1 cm³/mol. The van der Waals surface area contributed by atoms with E-state index in [9.17, 15) is 4.79 Å². The van der Waals surface area contributed by atoms with Gasteiger partial charge in [0.1, 0.15) is 22.4 Å². The Morgan fingerprint density at radius 3 is 2.46 bits per heavy atom. The van der Waals surface area contributed by atoms with Gasteiger partial charge in [-0.1, -0.05) is 30.3 Å². The summed E-state index contributed by atoms with van der Waals surface area (Å²) in [5.74, 6) is 0. The third kappa shape index (κ3) is 1.68. The molecule has 0 unspecified atom stereocenters. The van der Waals surface area contributed by atoms with Crippen LogP contribution < -0.4 is 5.56 Å². The zero-order chi connectivity index (χ0) is 17.0. The fourth-order valence-corrected chi connectivity index (χ4v) is 3.22. The second-order valence-electron chi connectivity index (χ2n) is 5.68. The molecule has 0 saturated carbocycles. The average molecular weight is 318 g/mol. The monoisotopic (exact) mass is 318 g/mol. The van der Waals surface area contributed by atoms with Crippen molar-refractivity contribution in [3.05, 3.63) is 57.8 Å². The van der Waals surface area contributed by atoms with E-state index in [1.807, 2.05) is 41.9 Å². The van der Waals surface area contributed by atoms with E-state index in [1.165, 1.54) is 4.52 Å². The largest absolute Gasteiger partial charge is 0.322 e. The van der Waals surface area contributed by atoms with Crippen molar-refractivity contribution >= 4 is 22.4 Å². The van der Waals surface area contributed by atoms with Crippen molar-refractivity contribution in [1.29, 1.82) is 0 Å². The van der Waals surface area contributed by atoms with Crippen molar-refractivity contribution < 1.29 is 0 Å². The molecular weight excluding hydrogens is 304 g/mol. The molecule has 0 fully saturated rings. The minimum Gasteiger partial charge on any atom is -0.322 e. The Labute approximate surface area is 137 Å². The van der Waals surface area contributed by atoms with E-state index in [4.69, 9.17) is 6.57 Å². The smallest absolute Gasteiger partial charge is 0.284 e. The Bertz CT molecular complexity index is 1200. The Balaban J connectivity index is 2.26. The highest BCUT2D eigenvalue weighted by molar-refractivity contribution is 5.90. The molecule has 0 atom stereocenters. The van der Waals surface area contributed by atoms with Crippen LogP contribution in [0.5, 0.6) is 0 Å². The van der Waals surface area contributed by atoms with Crippen LogP contribution in [0.15, 0.2) is 35.1 Å². The fraction of sp³-hybridized carbons (Fsp3) is 0.176. The number of nitrogens with zero attached hydrogens (tertiary/aromatic N) is 6. The number of aromatic nitrogens is 5. The summed E-state index contributed by atoms with van der Waals surface area (Å²) >= 11 is 0. The summed E-state index contributed by atoms with van der Waals surface area (Å²) in [5, 5.41) is 9.29. The highest BCUT2D eigenvalue weighted by Crippen LogP contribution is 2.33. The molecule has 0 N–H and O–H groups in total. The zero-order valence-electron chi connectivity index (χ0n) is 13.5. The molecule has 0 amide bonds. The average Bonchev–Trinajstić information content (AvgIpc) is 3.11. The molecule has 0 radical (unpaired) electrons. The molecule has 0 aliphatic carbocycles. The van der Waals surface area contributed by atoms with E-state index in [1.54, 1.807) is 18.7 Å². The van der Waals surface area contributed by atoms with Crippen LogP contribution in [-0.2, 0) is 14.1 Å². The summed E-state index contributed by atoms with van der Waals surface area (Å²) in [6, 6.07) is 9.44. The lowest BCUT2D eigenvalue weighted by atomic mass is 10.1. The van der Waals surface area contributed by atoms with Gasteiger partial charge in [-0.15, -0.1) is 0 Å². The molecular formula is C17H14N6O. The summed E-state index contributed by atoms with van der Waals surface area (Å²) in [6.07, 6.45) is 0. The molecule has 7 nitrogen and oxygen atoms in total. The van der Waals surface area contributed by atoms with Crippen LogP contribution in [0.3, 0.4) is 0 Å². The first kappa shape index (κ1) is 14.2. The highest BCUT2D eigenvalue weighted by Gasteiger charge is 2.23. The van der Waals surface area contributed by atoms with Gasteiger partial charge in [0.15, 0.2) is 0 Å². The topological polar surface area (TPSA) is 61.5 Å². The standard InChI is InChI=1S/C17H14N6O/c1-10-12-15(22(4)19-10)21(3)16-14(18-2)13(20-23(16)17(12)24)11-8-6-5-7-9-11/h5-9H,1,3-4H3. The van der Waals surface area contributed by atoms with Crippen molar-refractivity contribution in [1.82, 2.24) is 24.0 Å². The molecule has 7 heteroatoms. The Morgan fingerprint density at radius 1 is 1.08 bits per heavy atom. The van der Waals surface area contributed by atoms with Gasteiger partial charge in [0, 0.05) is 14.1 Å². The van der Waals surface area contributed by atoms with Crippen molar-refractivity contribution in [2.24, 2.45) is 14.1 Å². The maximum Gasteiger partial charge on any atom is 0.284 e. The van der Waals surface area contributed by atoms with E-state index in [0.29, 0.717) is 33.8 Å². The van der Waals surface area contributed by atoms with Crippen LogP contribution in [0.2, 0.25) is 0 Å². The number of fused-ring (bicyclic) bond motifs is 2. The minimum absolute atomic E-state index is 0.254. The molecule has 24 heavy (non-hydrogen) atoms. The molecule has 3 heterocycles. The first-order chi connectivity index (χ1) is 11.5. The predicted octanol–water partition coefficient (Wildman–Crippen LogP) is 2.45. The van der Waals surface area contributed by atoms with Gasteiger partial charge < -0.3 is 4.57 Å². The SMILES string of the molecule is [C-]#[N+]c1c(-c2ccccc2)nn2c(=O)c3c(C)nn(C)c3n(C)c12. The number of aryl methyl sites for hydroxylation is 3. The van der Waals surface area contributed by atoms with Gasteiger partial charge in [-0.05, 0) is 12.5 Å². The van der Waals surface area contributed by atoms with E-state index < -0.39 is 0 Å². The van der Waals surface area contributed by atoms with E-state index in [0.717, 1.165) is 5.56 Å². The molecule has 0 aliphatic heterocycles. The Hall–Kier alpha value is -3.40. The summed E-state index contributed by atoms with van der Waals surface area (Å²) in [5.41, 5.74) is 3.23. The van der Waals surface area contributed by atoms with Gasteiger partial charge in [0.2, 0.25) is 0 Å². The molecule has 0 saturated heterocycles. The molecule has 1 aromatic carbocycles. The molecule has 0 spiro atoms. The van der Waals surface area contributed by atoms with Gasteiger partial charge in [-0.3, -0.25) is 9.48 Å². The molecule has 0 aliphatic rings. The van der Waals surface area contributed by atoms with E-state index >= 15 is 0 Å². The Kier molecular flexibility index (Phi) is 2.84. The fourth-order valence-electron chi connectivity index (χ4n) is 3.22. The van der Waals surface area contributed by atoms with Gasteiger partial charge >= 0.3 is 0 Å². The van der Waals surface area contributed by atoms with Crippen LogP contribution in [0.1, 0.15) is 5.69 Å². The van der Waals surface area contributed by atoms with Gasteiger partial charge in [0.25, 0.3) is 11.2 Å². The molecule has 118 valence electrons.